The van der Waals surface area contributed by atoms with Crippen molar-refractivity contribution in [2.75, 3.05) is 6.54 Å². The van der Waals surface area contributed by atoms with Crippen molar-refractivity contribution in [3.8, 4) is 0 Å². The lowest BCUT2D eigenvalue weighted by Gasteiger charge is -2.33. The molecule has 1 heterocycles. The van der Waals surface area contributed by atoms with Gasteiger partial charge >= 0.3 is 0 Å². The van der Waals surface area contributed by atoms with Crippen LogP contribution in [0.25, 0.3) is 0 Å². The average Bonchev–Trinajstić information content (AvgIpc) is 2.66. The molecule has 0 saturated heterocycles. The van der Waals surface area contributed by atoms with Crippen LogP contribution in [0.5, 0.6) is 0 Å². The van der Waals surface area contributed by atoms with Crippen LogP contribution in [0.2, 0.25) is 0 Å². The maximum Gasteiger partial charge on any atom is 0.0322 e. The molecule has 0 spiro atoms. The summed E-state index contributed by atoms with van der Waals surface area (Å²) in [5, 5.41) is 0. The first-order valence-corrected chi connectivity index (χ1v) is 7.63. The first-order valence-electron chi connectivity index (χ1n) is 7.63. The fourth-order valence-corrected chi connectivity index (χ4v) is 3.40. The molecule has 20 heavy (non-hydrogen) atoms. The minimum Gasteiger partial charge on any atom is -0.293 e. The highest BCUT2D eigenvalue weighted by atomic mass is 15.2. The van der Waals surface area contributed by atoms with Crippen molar-refractivity contribution in [3.63, 3.8) is 0 Å². The third-order valence-corrected chi connectivity index (χ3v) is 4.62. The Balaban J connectivity index is 1.82. The Morgan fingerprint density at radius 3 is 2.35 bits per heavy atom. The molecule has 0 saturated carbocycles. The summed E-state index contributed by atoms with van der Waals surface area (Å²) in [5.74, 6) is 0. The van der Waals surface area contributed by atoms with E-state index in [1.165, 1.54) is 16.7 Å². The van der Waals surface area contributed by atoms with Gasteiger partial charge in [-0.2, -0.15) is 0 Å². The molecule has 1 aliphatic rings. The van der Waals surface area contributed by atoms with E-state index in [9.17, 15) is 0 Å². The van der Waals surface area contributed by atoms with Gasteiger partial charge in [0, 0.05) is 18.6 Å². The van der Waals surface area contributed by atoms with E-state index in [0.29, 0.717) is 12.1 Å². The summed E-state index contributed by atoms with van der Waals surface area (Å²) < 4.78 is 0. The molecule has 0 unspecified atom stereocenters. The number of benzene rings is 2. The number of hydrogen-bond acceptors (Lipinski definition) is 1. The first kappa shape index (κ1) is 13.4. The quantitative estimate of drug-likeness (QED) is 0.785. The molecule has 0 bridgehead atoms. The predicted molar refractivity (Wildman–Crippen MR) is 84.9 cm³/mol. The van der Waals surface area contributed by atoms with Gasteiger partial charge in [0.05, 0.1) is 0 Å². The van der Waals surface area contributed by atoms with E-state index in [-0.39, 0.29) is 0 Å². The van der Waals surface area contributed by atoms with Crippen molar-refractivity contribution in [2.24, 2.45) is 0 Å². The van der Waals surface area contributed by atoms with Crippen LogP contribution in [0.3, 0.4) is 0 Å². The zero-order valence-corrected chi connectivity index (χ0v) is 12.4. The summed E-state index contributed by atoms with van der Waals surface area (Å²) >= 11 is 0. The second-order valence-electron chi connectivity index (χ2n) is 5.90. The minimum absolute atomic E-state index is 0.487. The summed E-state index contributed by atoms with van der Waals surface area (Å²) in [5.41, 5.74) is 4.48. The van der Waals surface area contributed by atoms with E-state index in [1.807, 2.05) is 0 Å². The number of hydrogen-bond donors (Lipinski definition) is 0. The highest BCUT2D eigenvalue weighted by Gasteiger charge is 2.24. The number of rotatable bonds is 2. The Morgan fingerprint density at radius 1 is 0.950 bits per heavy atom. The van der Waals surface area contributed by atoms with Crippen LogP contribution in [0.4, 0.5) is 0 Å². The fraction of sp³-hybridized carbons (Fsp3) is 0.368. The van der Waals surface area contributed by atoms with E-state index in [1.54, 1.807) is 0 Å². The third-order valence-electron chi connectivity index (χ3n) is 4.62. The van der Waals surface area contributed by atoms with Gasteiger partial charge in [-0.15, -0.1) is 0 Å². The van der Waals surface area contributed by atoms with Crippen LogP contribution in [0, 0.1) is 0 Å². The van der Waals surface area contributed by atoms with E-state index >= 15 is 0 Å². The summed E-state index contributed by atoms with van der Waals surface area (Å²) in [6.45, 7) is 5.84. The lowest BCUT2D eigenvalue weighted by atomic mass is 10.0. The SMILES string of the molecule is C[C@H]1Cc2ccccc2CCN1[C@@H](C)c1ccccc1. The molecule has 0 amide bonds. The monoisotopic (exact) mass is 265 g/mol. The van der Waals surface area contributed by atoms with Crippen molar-refractivity contribution in [1.82, 2.24) is 4.90 Å². The Morgan fingerprint density at radius 2 is 1.60 bits per heavy atom. The van der Waals surface area contributed by atoms with Gasteiger partial charge in [0.15, 0.2) is 0 Å². The second-order valence-corrected chi connectivity index (χ2v) is 5.90. The lowest BCUT2D eigenvalue weighted by Crippen LogP contribution is -2.36. The molecule has 2 atom stereocenters. The molecule has 1 aliphatic heterocycles. The summed E-state index contributed by atoms with van der Waals surface area (Å²) in [7, 11) is 0. The van der Waals surface area contributed by atoms with Crippen LogP contribution in [-0.4, -0.2) is 17.5 Å². The van der Waals surface area contributed by atoms with E-state index in [4.69, 9.17) is 0 Å². The van der Waals surface area contributed by atoms with Gasteiger partial charge in [-0.3, -0.25) is 4.90 Å². The summed E-state index contributed by atoms with van der Waals surface area (Å²) in [4.78, 5) is 2.65. The topological polar surface area (TPSA) is 3.24 Å². The molecular weight excluding hydrogens is 242 g/mol. The van der Waals surface area contributed by atoms with E-state index in [0.717, 1.165) is 19.4 Å². The molecule has 3 rings (SSSR count). The van der Waals surface area contributed by atoms with Gasteiger partial charge in [0.25, 0.3) is 0 Å². The molecule has 0 aliphatic carbocycles. The molecule has 0 aromatic heterocycles. The zero-order valence-electron chi connectivity index (χ0n) is 12.4. The Kier molecular flexibility index (Phi) is 3.88. The molecule has 104 valence electrons. The van der Waals surface area contributed by atoms with E-state index < -0.39 is 0 Å². The molecule has 0 N–H and O–H groups in total. The average molecular weight is 265 g/mol. The van der Waals surface area contributed by atoms with Crippen LogP contribution < -0.4 is 0 Å². The lowest BCUT2D eigenvalue weighted by molar-refractivity contribution is 0.160. The molecule has 2 aromatic carbocycles. The van der Waals surface area contributed by atoms with Crippen molar-refractivity contribution in [1.29, 1.82) is 0 Å². The van der Waals surface area contributed by atoms with Gasteiger partial charge in [0.2, 0.25) is 0 Å². The Hall–Kier alpha value is -1.60. The Labute approximate surface area is 122 Å². The van der Waals surface area contributed by atoms with Gasteiger partial charge in [-0.1, -0.05) is 54.6 Å². The highest BCUT2D eigenvalue weighted by molar-refractivity contribution is 5.30. The predicted octanol–water partition coefficient (Wildman–Crippen LogP) is 4.24. The summed E-state index contributed by atoms with van der Waals surface area (Å²) in [6, 6.07) is 20.9. The molecule has 2 aromatic rings. The third kappa shape index (κ3) is 2.64. The maximum atomic E-state index is 2.65. The molecular formula is C19H23N. The van der Waals surface area contributed by atoms with Crippen molar-refractivity contribution in [3.05, 3.63) is 71.3 Å². The van der Waals surface area contributed by atoms with E-state index in [2.05, 4.69) is 73.3 Å². The number of nitrogens with zero attached hydrogens (tertiary/aromatic N) is 1. The fourth-order valence-electron chi connectivity index (χ4n) is 3.40. The maximum absolute atomic E-state index is 2.65. The van der Waals surface area contributed by atoms with Crippen molar-refractivity contribution < 1.29 is 0 Å². The minimum atomic E-state index is 0.487. The van der Waals surface area contributed by atoms with Gasteiger partial charge in [-0.25, -0.2) is 0 Å². The first-order chi connectivity index (χ1) is 9.75. The van der Waals surface area contributed by atoms with Crippen LogP contribution in [0.1, 0.15) is 36.6 Å². The number of fused-ring (bicyclic) bond motifs is 1. The molecule has 1 heteroatoms. The molecule has 0 radical (unpaired) electrons. The highest BCUT2D eigenvalue weighted by Crippen LogP contribution is 2.27. The van der Waals surface area contributed by atoms with Crippen molar-refractivity contribution in [2.45, 2.75) is 38.8 Å². The van der Waals surface area contributed by atoms with Gasteiger partial charge < -0.3 is 0 Å². The Bertz CT molecular complexity index is 561. The molecule has 1 nitrogen and oxygen atoms in total. The largest absolute Gasteiger partial charge is 0.293 e. The van der Waals surface area contributed by atoms with Gasteiger partial charge in [0.1, 0.15) is 0 Å². The normalized spacial score (nSPS) is 21.0. The summed E-state index contributed by atoms with van der Waals surface area (Å²) in [6.07, 6.45) is 2.32. The van der Waals surface area contributed by atoms with Crippen molar-refractivity contribution >= 4 is 0 Å². The molecule has 0 fully saturated rings. The van der Waals surface area contributed by atoms with Crippen LogP contribution in [0.15, 0.2) is 54.6 Å². The van der Waals surface area contributed by atoms with Crippen LogP contribution in [-0.2, 0) is 12.8 Å². The smallest absolute Gasteiger partial charge is 0.0322 e. The van der Waals surface area contributed by atoms with Gasteiger partial charge in [-0.05, 0) is 43.4 Å². The second kappa shape index (κ2) is 5.80. The zero-order chi connectivity index (χ0) is 13.9. The standard InChI is InChI=1S/C19H23N/c1-15-14-19-11-7-6-10-18(19)12-13-20(15)16(2)17-8-4-3-5-9-17/h3-11,15-16H,12-14H2,1-2H3/t15-,16-/m0/s1. The van der Waals surface area contributed by atoms with Crippen LogP contribution >= 0.6 is 0 Å².